The molecule has 1 atom stereocenters. The number of aromatic hydroxyl groups is 1. The van der Waals surface area contributed by atoms with E-state index < -0.39 is 23.8 Å². The molecule has 0 aromatic heterocycles. The molecule has 0 aliphatic rings. The van der Waals surface area contributed by atoms with Gasteiger partial charge in [-0.2, -0.15) is 0 Å². The summed E-state index contributed by atoms with van der Waals surface area (Å²) in [5.74, 6) is -2.16. The van der Waals surface area contributed by atoms with Crippen LogP contribution >= 0.6 is 0 Å². The monoisotopic (exact) mass is 295 g/mol. The van der Waals surface area contributed by atoms with Crippen LogP contribution in [0, 0.1) is 0 Å². The van der Waals surface area contributed by atoms with Gasteiger partial charge < -0.3 is 25.7 Å². The molecule has 0 aliphatic heterocycles. The maximum atomic E-state index is 11.7. The van der Waals surface area contributed by atoms with Crippen LogP contribution in [0.3, 0.4) is 0 Å². The standard InChI is InChI=1S/C13H17N3O5/c1-7(11(18)16(2)3)14-13(21)15-9-6-4-5-8(10(9)17)12(19)20/h4-7,17H,1-3H3,(H,19,20)(H2,14,15,21). The smallest absolute Gasteiger partial charge is 0.339 e. The predicted octanol–water partition coefficient (Wildman–Crippen LogP) is 0.689. The second kappa shape index (κ2) is 6.60. The number of benzene rings is 1. The highest BCUT2D eigenvalue weighted by atomic mass is 16.4. The first kappa shape index (κ1) is 16.3. The number of nitrogens with one attached hydrogen (secondary N) is 2. The molecule has 1 aromatic rings. The van der Waals surface area contributed by atoms with Gasteiger partial charge in [-0.3, -0.25) is 4.79 Å². The topological polar surface area (TPSA) is 119 Å². The summed E-state index contributed by atoms with van der Waals surface area (Å²) in [6.07, 6.45) is 0. The molecule has 0 saturated heterocycles. The zero-order chi connectivity index (χ0) is 16.2. The Labute approximate surface area is 121 Å². The van der Waals surface area contributed by atoms with Gasteiger partial charge in [-0.15, -0.1) is 0 Å². The van der Waals surface area contributed by atoms with Gasteiger partial charge in [0.2, 0.25) is 5.91 Å². The van der Waals surface area contributed by atoms with Crippen LogP contribution in [-0.2, 0) is 4.79 Å². The molecule has 8 heteroatoms. The summed E-state index contributed by atoms with van der Waals surface area (Å²) in [4.78, 5) is 35.5. The summed E-state index contributed by atoms with van der Waals surface area (Å²) in [6.45, 7) is 1.51. The summed E-state index contributed by atoms with van der Waals surface area (Å²) >= 11 is 0. The molecule has 21 heavy (non-hydrogen) atoms. The van der Waals surface area contributed by atoms with E-state index in [1.54, 1.807) is 14.1 Å². The van der Waals surface area contributed by atoms with Gasteiger partial charge >= 0.3 is 12.0 Å². The lowest BCUT2D eigenvalue weighted by Crippen LogP contribution is -2.45. The number of aromatic carboxylic acids is 1. The molecule has 1 unspecified atom stereocenters. The maximum Gasteiger partial charge on any atom is 0.339 e. The van der Waals surface area contributed by atoms with Crippen molar-refractivity contribution in [2.45, 2.75) is 13.0 Å². The van der Waals surface area contributed by atoms with Crippen molar-refractivity contribution in [3.63, 3.8) is 0 Å². The zero-order valence-electron chi connectivity index (χ0n) is 11.9. The Morgan fingerprint density at radius 3 is 2.38 bits per heavy atom. The van der Waals surface area contributed by atoms with Crippen molar-refractivity contribution in [1.82, 2.24) is 10.2 Å². The first-order valence-electron chi connectivity index (χ1n) is 6.08. The van der Waals surface area contributed by atoms with E-state index in [-0.39, 0.29) is 17.2 Å². The highest BCUT2D eigenvalue weighted by Gasteiger charge is 2.19. The maximum absolute atomic E-state index is 11.7. The molecular formula is C13H17N3O5. The van der Waals surface area contributed by atoms with E-state index in [1.165, 1.54) is 30.0 Å². The lowest BCUT2D eigenvalue weighted by Gasteiger charge is -2.18. The summed E-state index contributed by atoms with van der Waals surface area (Å²) in [7, 11) is 3.11. The number of nitrogens with zero attached hydrogens (tertiary/aromatic N) is 1. The number of anilines is 1. The van der Waals surface area contributed by atoms with Gasteiger partial charge in [-0.1, -0.05) is 6.07 Å². The Hall–Kier alpha value is -2.77. The highest BCUT2D eigenvalue weighted by molar-refractivity contribution is 5.98. The third-order valence-corrected chi connectivity index (χ3v) is 2.67. The number of urea groups is 1. The molecular weight excluding hydrogens is 278 g/mol. The van der Waals surface area contributed by atoms with Crippen LogP contribution in [0.25, 0.3) is 0 Å². The molecule has 1 rings (SSSR count). The number of hydrogen-bond acceptors (Lipinski definition) is 4. The van der Waals surface area contributed by atoms with Crippen LogP contribution in [-0.4, -0.2) is 53.2 Å². The van der Waals surface area contributed by atoms with Crippen molar-refractivity contribution >= 4 is 23.6 Å². The first-order valence-corrected chi connectivity index (χ1v) is 6.08. The van der Waals surface area contributed by atoms with Crippen LogP contribution in [0.15, 0.2) is 18.2 Å². The van der Waals surface area contributed by atoms with E-state index >= 15 is 0 Å². The second-order valence-electron chi connectivity index (χ2n) is 4.56. The minimum atomic E-state index is -1.31. The van der Waals surface area contributed by atoms with Crippen LogP contribution in [0.4, 0.5) is 10.5 Å². The Kier molecular flexibility index (Phi) is 5.12. The van der Waals surface area contributed by atoms with Crippen LogP contribution < -0.4 is 10.6 Å². The molecule has 114 valence electrons. The van der Waals surface area contributed by atoms with Gasteiger partial charge in [-0.05, 0) is 19.1 Å². The summed E-state index contributed by atoms with van der Waals surface area (Å²) in [5, 5.41) is 23.3. The van der Waals surface area contributed by atoms with Gasteiger partial charge in [-0.25, -0.2) is 9.59 Å². The van der Waals surface area contributed by atoms with Crippen molar-refractivity contribution in [2.24, 2.45) is 0 Å². The highest BCUT2D eigenvalue weighted by Crippen LogP contribution is 2.27. The molecule has 4 N–H and O–H groups in total. The first-order chi connectivity index (χ1) is 9.73. The molecule has 0 aliphatic carbocycles. The van der Waals surface area contributed by atoms with Crippen molar-refractivity contribution in [2.75, 3.05) is 19.4 Å². The third-order valence-electron chi connectivity index (χ3n) is 2.67. The number of carboxylic acid groups (broad SMARTS) is 1. The summed E-state index contributed by atoms with van der Waals surface area (Å²) < 4.78 is 0. The van der Waals surface area contributed by atoms with Crippen molar-refractivity contribution in [1.29, 1.82) is 0 Å². The lowest BCUT2D eigenvalue weighted by atomic mass is 10.1. The van der Waals surface area contributed by atoms with Crippen LogP contribution in [0.1, 0.15) is 17.3 Å². The number of rotatable bonds is 4. The van der Waals surface area contributed by atoms with E-state index in [0.29, 0.717) is 0 Å². The number of likely N-dealkylation sites (N-methyl/N-ethyl adjacent to an activating group) is 1. The lowest BCUT2D eigenvalue weighted by molar-refractivity contribution is -0.130. The number of carbonyl (C=O) groups is 3. The molecule has 0 spiro atoms. The molecule has 3 amide bonds. The molecule has 0 heterocycles. The number of carbonyl (C=O) groups excluding carboxylic acids is 2. The van der Waals surface area contributed by atoms with Crippen molar-refractivity contribution in [3.05, 3.63) is 23.8 Å². The number of hydrogen-bond donors (Lipinski definition) is 4. The summed E-state index contributed by atoms with van der Waals surface area (Å²) in [5.41, 5.74) is -0.387. The minimum absolute atomic E-state index is 0.0584. The van der Waals surface area contributed by atoms with E-state index in [1.807, 2.05) is 0 Å². The van der Waals surface area contributed by atoms with Gasteiger partial charge in [0.05, 0.1) is 5.69 Å². The fourth-order valence-corrected chi connectivity index (χ4v) is 1.62. The average molecular weight is 295 g/mol. The van der Waals surface area contributed by atoms with E-state index in [4.69, 9.17) is 5.11 Å². The number of para-hydroxylation sites is 1. The van der Waals surface area contributed by atoms with Crippen molar-refractivity contribution in [3.8, 4) is 5.75 Å². The van der Waals surface area contributed by atoms with Gasteiger partial charge in [0.1, 0.15) is 11.6 Å². The van der Waals surface area contributed by atoms with Crippen LogP contribution in [0.5, 0.6) is 5.75 Å². The minimum Gasteiger partial charge on any atom is -0.505 e. The number of amides is 3. The Morgan fingerprint density at radius 2 is 1.86 bits per heavy atom. The van der Waals surface area contributed by atoms with E-state index in [2.05, 4.69) is 10.6 Å². The van der Waals surface area contributed by atoms with Crippen LogP contribution in [0.2, 0.25) is 0 Å². The van der Waals surface area contributed by atoms with Gasteiger partial charge in [0.15, 0.2) is 5.75 Å². The molecule has 1 aromatic carbocycles. The zero-order valence-corrected chi connectivity index (χ0v) is 11.9. The van der Waals surface area contributed by atoms with Gasteiger partial charge in [0.25, 0.3) is 0 Å². The summed E-state index contributed by atoms with van der Waals surface area (Å²) in [6, 6.07) is 2.45. The number of carboxylic acids is 1. The van der Waals surface area contributed by atoms with Crippen molar-refractivity contribution < 1.29 is 24.6 Å². The number of phenols is 1. The molecule has 0 radical (unpaired) electrons. The molecule has 0 fully saturated rings. The van der Waals surface area contributed by atoms with Gasteiger partial charge in [0, 0.05) is 14.1 Å². The predicted molar refractivity (Wildman–Crippen MR) is 75.4 cm³/mol. The normalized spacial score (nSPS) is 11.4. The van der Waals surface area contributed by atoms with E-state index in [0.717, 1.165) is 0 Å². The quantitative estimate of drug-likeness (QED) is 0.609. The molecule has 8 nitrogen and oxygen atoms in total. The Balaban J connectivity index is 2.78. The third kappa shape index (κ3) is 4.10. The second-order valence-corrected chi connectivity index (χ2v) is 4.56. The molecule has 0 saturated carbocycles. The average Bonchev–Trinajstić information content (AvgIpc) is 2.39. The van der Waals surface area contributed by atoms with E-state index in [9.17, 15) is 19.5 Å². The largest absolute Gasteiger partial charge is 0.505 e. The fourth-order valence-electron chi connectivity index (χ4n) is 1.62. The SMILES string of the molecule is CC(NC(=O)Nc1cccc(C(=O)O)c1O)C(=O)N(C)C. The Bertz CT molecular complexity index is 571. The fraction of sp³-hybridized carbons (Fsp3) is 0.308. The Morgan fingerprint density at radius 1 is 1.24 bits per heavy atom. The molecule has 0 bridgehead atoms.